The highest BCUT2D eigenvalue weighted by Crippen LogP contribution is 2.78. The van der Waals surface area contributed by atoms with Gasteiger partial charge in [0.1, 0.15) is 5.75 Å². The summed E-state index contributed by atoms with van der Waals surface area (Å²) in [5.74, 6) is 0.961. The maximum absolute atomic E-state index is 14.8. The molecule has 1 aliphatic heterocycles. The van der Waals surface area contributed by atoms with E-state index in [9.17, 15) is 19.8 Å². The number of nitrogens with one attached hydrogen (secondary N) is 1. The van der Waals surface area contributed by atoms with Crippen molar-refractivity contribution in [3.05, 3.63) is 53.6 Å². The number of benzene rings is 1. The Morgan fingerprint density at radius 2 is 1.72 bits per heavy atom. The fraction of sp³-hybridized carbons (Fsp3) is 0.692. The molecule has 256 valence electrons. The van der Waals surface area contributed by atoms with Crippen LogP contribution in [-0.4, -0.2) is 77.6 Å². The molecule has 0 radical (unpaired) electrons. The molecule has 9 atom stereocenters. The molecule has 0 aromatic heterocycles. The molecule has 1 aromatic carbocycles. The van der Waals surface area contributed by atoms with E-state index in [0.717, 1.165) is 50.5 Å². The topological polar surface area (TPSA) is 108 Å². The molecule has 8 heteroatoms. The van der Waals surface area contributed by atoms with Crippen molar-refractivity contribution in [2.24, 2.45) is 33.5 Å². The summed E-state index contributed by atoms with van der Waals surface area (Å²) in [7, 11) is 1.63. The normalized spacial score (nSPS) is 41.6. The van der Waals surface area contributed by atoms with Crippen molar-refractivity contribution in [3.8, 4) is 5.75 Å². The number of urea groups is 1. The predicted octanol–water partition coefficient (Wildman–Crippen LogP) is 6.07. The number of aliphatic hydroxyl groups excluding tert-OH is 1. The van der Waals surface area contributed by atoms with Gasteiger partial charge in [-0.25, -0.2) is 4.79 Å². The molecule has 6 aliphatic carbocycles. The Balaban J connectivity index is 1.29. The number of ether oxygens (including phenoxy) is 2. The minimum absolute atomic E-state index is 0.0168. The lowest BCUT2D eigenvalue weighted by molar-refractivity contribution is -0.175. The van der Waals surface area contributed by atoms with Gasteiger partial charge in [0.2, 0.25) is 0 Å². The van der Waals surface area contributed by atoms with E-state index in [-0.39, 0.29) is 53.2 Å². The summed E-state index contributed by atoms with van der Waals surface area (Å²) in [6.07, 6.45) is 13.7. The van der Waals surface area contributed by atoms with Crippen molar-refractivity contribution >= 4 is 11.8 Å². The standard InChI is InChI=1S/C39H54N2O6/c1-25(2)40-34(44)41(23-29-7-6-20-47-29)24-38(45)17-14-32-36(38,4)16-13-31-35(3)15-12-27(42)21-37(35)18-19-39(31,32)30(22-37)33(43)26-8-10-28(46-5)11-9-26/h8-11,18-19,22,25,27,29,31-32,42,45H,6-7,12-17,20-21,23-24H2,1-5H3,(H,40,44). The number of hydrogen-bond donors (Lipinski definition) is 3. The van der Waals surface area contributed by atoms with Gasteiger partial charge in [-0.2, -0.15) is 0 Å². The van der Waals surface area contributed by atoms with Crippen molar-refractivity contribution in [1.82, 2.24) is 10.2 Å². The SMILES string of the molecule is COc1ccc(C(=O)C2=CC34C=CC25C(CCC2(C)C5CCC2(O)CN(CC2CCCO2)C(=O)NC(C)C)C3(C)CCC(O)C4)cc1. The first-order chi connectivity index (χ1) is 22.3. The summed E-state index contributed by atoms with van der Waals surface area (Å²) >= 11 is 0. The average Bonchev–Trinajstić information content (AvgIpc) is 3.65. The zero-order valence-electron chi connectivity index (χ0n) is 28.9. The van der Waals surface area contributed by atoms with Crippen LogP contribution in [0.15, 0.2) is 48.1 Å². The number of Topliss-reactive ketones (excluding diaryl/α,β-unsaturated/α-hetero) is 1. The molecule has 1 aromatic rings. The van der Waals surface area contributed by atoms with Gasteiger partial charge in [-0.1, -0.05) is 32.1 Å². The number of aliphatic hydroxyl groups is 2. The summed E-state index contributed by atoms with van der Waals surface area (Å²) in [6, 6.07) is 7.22. The minimum Gasteiger partial charge on any atom is -0.497 e. The van der Waals surface area contributed by atoms with E-state index in [4.69, 9.17) is 9.47 Å². The van der Waals surface area contributed by atoms with Gasteiger partial charge < -0.3 is 29.9 Å². The van der Waals surface area contributed by atoms with Crippen LogP contribution in [0.4, 0.5) is 4.79 Å². The average molecular weight is 647 g/mol. The summed E-state index contributed by atoms with van der Waals surface area (Å²) in [5, 5.41) is 26.9. The molecule has 47 heavy (non-hydrogen) atoms. The van der Waals surface area contributed by atoms with Gasteiger partial charge >= 0.3 is 6.03 Å². The Kier molecular flexibility index (Phi) is 8.00. The van der Waals surface area contributed by atoms with Crippen molar-refractivity contribution in [2.45, 2.75) is 109 Å². The number of rotatable bonds is 8. The quantitative estimate of drug-likeness (QED) is 0.234. The van der Waals surface area contributed by atoms with Crippen molar-refractivity contribution in [1.29, 1.82) is 0 Å². The lowest BCUT2D eigenvalue weighted by Gasteiger charge is -2.71. The number of carbonyl (C=O) groups excluding carboxylic acids is 2. The van der Waals surface area contributed by atoms with Crippen LogP contribution in [0.25, 0.3) is 0 Å². The van der Waals surface area contributed by atoms with Gasteiger partial charge in [0.25, 0.3) is 0 Å². The second-order valence-corrected chi connectivity index (χ2v) is 16.5. The van der Waals surface area contributed by atoms with Crippen LogP contribution in [0.2, 0.25) is 0 Å². The molecule has 3 saturated carbocycles. The first-order valence-corrected chi connectivity index (χ1v) is 18.0. The summed E-state index contributed by atoms with van der Waals surface area (Å²) in [4.78, 5) is 30.2. The highest BCUT2D eigenvalue weighted by molar-refractivity contribution is 6.10. The lowest BCUT2D eigenvalue weighted by atomic mass is 9.32. The largest absolute Gasteiger partial charge is 0.497 e. The molecular formula is C39H54N2O6. The maximum Gasteiger partial charge on any atom is 0.317 e. The molecule has 1 saturated heterocycles. The first-order valence-electron chi connectivity index (χ1n) is 18.0. The summed E-state index contributed by atoms with van der Waals surface area (Å²) < 4.78 is 11.4. The number of ketones is 1. The van der Waals surface area contributed by atoms with E-state index < -0.39 is 22.5 Å². The molecule has 7 aliphatic rings. The third kappa shape index (κ3) is 4.79. The minimum atomic E-state index is -1.12. The summed E-state index contributed by atoms with van der Waals surface area (Å²) in [5.41, 5.74) is -1.22. The van der Waals surface area contributed by atoms with E-state index >= 15 is 0 Å². The van der Waals surface area contributed by atoms with Gasteiger partial charge in [-0.3, -0.25) is 4.79 Å². The molecule has 1 heterocycles. The van der Waals surface area contributed by atoms with Crippen LogP contribution in [0.1, 0.15) is 95.8 Å². The fourth-order valence-corrected chi connectivity index (χ4v) is 11.4. The van der Waals surface area contributed by atoms with Crippen LogP contribution in [0, 0.1) is 33.5 Å². The molecule has 9 unspecified atom stereocenters. The molecule has 2 bridgehead atoms. The molecule has 3 N–H and O–H groups in total. The van der Waals surface area contributed by atoms with Gasteiger partial charge in [-0.15, -0.1) is 0 Å². The highest BCUT2D eigenvalue weighted by Gasteiger charge is 2.74. The molecule has 4 fully saturated rings. The number of carbonyl (C=O) groups is 2. The lowest BCUT2D eigenvalue weighted by Crippen LogP contribution is -2.67. The molecule has 2 amide bonds. The number of fused-ring (bicyclic) bond motifs is 1. The Morgan fingerprint density at radius 3 is 2.40 bits per heavy atom. The number of hydrogen-bond acceptors (Lipinski definition) is 6. The van der Waals surface area contributed by atoms with E-state index in [2.05, 4.69) is 37.4 Å². The number of amides is 2. The Hall–Kier alpha value is -2.68. The van der Waals surface area contributed by atoms with Crippen LogP contribution >= 0.6 is 0 Å². The molecule has 8 nitrogen and oxygen atoms in total. The third-order valence-electron chi connectivity index (χ3n) is 13.9. The fourth-order valence-electron chi connectivity index (χ4n) is 11.4. The van der Waals surface area contributed by atoms with Crippen LogP contribution in [0.3, 0.4) is 0 Å². The predicted molar refractivity (Wildman–Crippen MR) is 180 cm³/mol. The van der Waals surface area contributed by atoms with Crippen LogP contribution in [-0.2, 0) is 4.74 Å². The molecular weight excluding hydrogens is 592 g/mol. The molecule has 8 rings (SSSR count). The van der Waals surface area contributed by atoms with Gasteiger partial charge in [0.05, 0.1) is 31.5 Å². The van der Waals surface area contributed by atoms with Crippen molar-refractivity contribution < 1.29 is 29.3 Å². The summed E-state index contributed by atoms with van der Waals surface area (Å²) in [6.45, 7) is 9.95. The Morgan fingerprint density at radius 1 is 1.02 bits per heavy atom. The van der Waals surface area contributed by atoms with Gasteiger partial charge in [-0.05, 0) is 113 Å². The number of allylic oxidation sites excluding steroid dienone is 4. The monoisotopic (exact) mass is 646 g/mol. The Labute approximate surface area is 280 Å². The number of nitrogens with zero attached hydrogens (tertiary/aromatic N) is 1. The highest BCUT2D eigenvalue weighted by atomic mass is 16.5. The van der Waals surface area contributed by atoms with E-state index in [1.54, 1.807) is 12.0 Å². The van der Waals surface area contributed by atoms with E-state index in [1.165, 1.54) is 0 Å². The second-order valence-electron chi connectivity index (χ2n) is 16.5. The van der Waals surface area contributed by atoms with Crippen LogP contribution < -0.4 is 10.1 Å². The molecule has 2 spiro atoms. The maximum atomic E-state index is 14.8. The third-order valence-corrected chi connectivity index (χ3v) is 13.9. The van der Waals surface area contributed by atoms with Gasteiger partial charge in [0.15, 0.2) is 5.78 Å². The zero-order valence-corrected chi connectivity index (χ0v) is 28.9. The van der Waals surface area contributed by atoms with Gasteiger partial charge in [0, 0.05) is 46.6 Å². The Bertz CT molecular complexity index is 1470. The van der Waals surface area contributed by atoms with E-state index in [0.29, 0.717) is 37.3 Å². The van der Waals surface area contributed by atoms with Crippen molar-refractivity contribution in [2.75, 3.05) is 26.8 Å². The first kappa shape index (κ1) is 32.8. The van der Waals surface area contributed by atoms with Crippen molar-refractivity contribution in [3.63, 3.8) is 0 Å². The second kappa shape index (κ2) is 11.4. The van der Waals surface area contributed by atoms with Crippen LogP contribution in [0.5, 0.6) is 5.75 Å². The zero-order chi connectivity index (χ0) is 33.4. The van der Waals surface area contributed by atoms with E-state index in [1.807, 2.05) is 38.1 Å². The smallest absolute Gasteiger partial charge is 0.317 e. The number of methoxy groups -OCH3 is 1.